The maximum atomic E-state index is 10.5. The van der Waals surface area contributed by atoms with Gasteiger partial charge in [-0.15, -0.1) is 0 Å². The summed E-state index contributed by atoms with van der Waals surface area (Å²) in [6.07, 6.45) is 0. The first kappa shape index (κ1) is 13.0. The molecule has 7 heteroatoms. The molecule has 0 heterocycles. The van der Waals surface area contributed by atoms with Crippen molar-refractivity contribution < 1.29 is 4.79 Å². The lowest BCUT2D eigenvalue weighted by Gasteiger charge is -2.11. The van der Waals surface area contributed by atoms with E-state index in [-0.39, 0.29) is 11.7 Å². The van der Waals surface area contributed by atoms with Crippen LogP contribution >= 0.6 is 35.4 Å². The molecule has 4 nitrogen and oxygen atoms in total. The molecule has 0 spiro atoms. The smallest absolute Gasteiger partial charge is 0.236 e. The predicted octanol–water partition coefficient (Wildman–Crippen LogP) is 1.77. The van der Waals surface area contributed by atoms with Crippen molar-refractivity contribution in [1.29, 1.82) is 0 Å². The highest BCUT2D eigenvalue weighted by Gasteiger charge is 2.07. The molecule has 0 saturated heterocycles. The van der Waals surface area contributed by atoms with E-state index in [1.807, 2.05) is 0 Å². The Hall–Kier alpha value is -1.04. The maximum absolute atomic E-state index is 10.5. The van der Waals surface area contributed by atoms with Gasteiger partial charge in [0.1, 0.15) is 0 Å². The molecule has 1 amide bonds. The van der Waals surface area contributed by atoms with Gasteiger partial charge in [0.15, 0.2) is 5.11 Å². The summed E-state index contributed by atoms with van der Waals surface area (Å²) in [7, 11) is 0. The van der Waals surface area contributed by atoms with Crippen molar-refractivity contribution >= 4 is 52.1 Å². The number of primary amides is 1. The molecule has 1 rings (SSSR count). The number of benzene rings is 1. The Morgan fingerprint density at radius 3 is 2.44 bits per heavy atom. The van der Waals surface area contributed by atoms with Crippen LogP contribution in [0.2, 0.25) is 10.0 Å². The lowest BCUT2D eigenvalue weighted by atomic mass is 10.3. The van der Waals surface area contributed by atoms with Gasteiger partial charge in [-0.25, -0.2) is 0 Å². The number of rotatable bonds is 3. The van der Waals surface area contributed by atoms with Crippen molar-refractivity contribution in [1.82, 2.24) is 5.32 Å². The molecule has 0 unspecified atom stereocenters. The molecular weight excluding hydrogens is 269 g/mol. The van der Waals surface area contributed by atoms with Gasteiger partial charge in [0.25, 0.3) is 0 Å². The second-order valence-electron chi connectivity index (χ2n) is 2.87. The first-order valence-electron chi connectivity index (χ1n) is 4.28. The summed E-state index contributed by atoms with van der Waals surface area (Å²) in [6.45, 7) is -0.0477. The number of para-hydroxylation sites is 1. The molecule has 0 aromatic heterocycles. The highest BCUT2D eigenvalue weighted by molar-refractivity contribution is 7.80. The minimum atomic E-state index is -0.505. The van der Waals surface area contributed by atoms with E-state index in [1.165, 1.54) is 0 Å². The average molecular weight is 278 g/mol. The number of nitrogens with two attached hydrogens (primary N) is 1. The van der Waals surface area contributed by atoms with Crippen LogP contribution in [0.1, 0.15) is 0 Å². The van der Waals surface area contributed by atoms with Crippen molar-refractivity contribution in [2.45, 2.75) is 0 Å². The highest BCUT2D eigenvalue weighted by Crippen LogP contribution is 2.29. The molecule has 16 heavy (non-hydrogen) atoms. The SMILES string of the molecule is NC(=O)CNC(=S)Nc1c(Cl)cccc1Cl. The van der Waals surface area contributed by atoms with Gasteiger partial charge < -0.3 is 16.4 Å². The fourth-order valence-electron chi connectivity index (χ4n) is 0.942. The maximum Gasteiger partial charge on any atom is 0.236 e. The molecule has 1 aromatic rings. The summed E-state index contributed by atoms with van der Waals surface area (Å²) < 4.78 is 0. The number of thiocarbonyl (C=S) groups is 1. The van der Waals surface area contributed by atoms with Crippen molar-refractivity contribution in [2.24, 2.45) is 5.73 Å². The second-order valence-corrected chi connectivity index (χ2v) is 4.09. The first-order valence-corrected chi connectivity index (χ1v) is 5.44. The zero-order valence-corrected chi connectivity index (χ0v) is 10.4. The Morgan fingerprint density at radius 1 is 1.38 bits per heavy atom. The van der Waals surface area contributed by atoms with E-state index in [4.69, 9.17) is 41.2 Å². The van der Waals surface area contributed by atoms with Crippen LogP contribution in [0.3, 0.4) is 0 Å². The summed E-state index contributed by atoms with van der Waals surface area (Å²) in [5, 5.41) is 6.51. The minimum Gasteiger partial charge on any atom is -0.368 e. The number of nitrogens with one attached hydrogen (secondary N) is 2. The van der Waals surface area contributed by atoms with Crippen molar-refractivity contribution in [3.63, 3.8) is 0 Å². The Balaban J connectivity index is 2.66. The number of hydrogen-bond acceptors (Lipinski definition) is 2. The number of anilines is 1. The van der Waals surface area contributed by atoms with E-state index in [0.29, 0.717) is 15.7 Å². The van der Waals surface area contributed by atoms with Gasteiger partial charge in [0, 0.05) is 0 Å². The van der Waals surface area contributed by atoms with Gasteiger partial charge in [0.05, 0.1) is 22.3 Å². The number of hydrogen-bond donors (Lipinski definition) is 3. The van der Waals surface area contributed by atoms with Crippen LogP contribution in [0.15, 0.2) is 18.2 Å². The van der Waals surface area contributed by atoms with E-state index in [9.17, 15) is 4.79 Å². The zero-order chi connectivity index (χ0) is 12.1. The van der Waals surface area contributed by atoms with Crippen LogP contribution in [0, 0.1) is 0 Å². The lowest BCUT2D eigenvalue weighted by molar-refractivity contribution is -0.116. The number of amides is 1. The molecular formula is C9H9Cl2N3OS. The fraction of sp³-hybridized carbons (Fsp3) is 0.111. The molecule has 86 valence electrons. The van der Waals surface area contributed by atoms with E-state index >= 15 is 0 Å². The molecule has 0 radical (unpaired) electrons. The van der Waals surface area contributed by atoms with Gasteiger partial charge in [-0.1, -0.05) is 29.3 Å². The Kier molecular flexibility index (Phi) is 4.79. The van der Waals surface area contributed by atoms with E-state index in [1.54, 1.807) is 18.2 Å². The second kappa shape index (κ2) is 5.89. The molecule has 0 aliphatic rings. The Bertz CT molecular complexity index is 405. The molecule has 0 aliphatic carbocycles. The van der Waals surface area contributed by atoms with Crippen LogP contribution in [-0.2, 0) is 4.79 Å². The van der Waals surface area contributed by atoms with Crippen molar-refractivity contribution in [3.05, 3.63) is 28.2 Å². The lowest BCUT2D eigenvalue weighted by Crippen LogP contribution is -2.36. The largest absolute Gasteiger partial charge is 0.368 e. The van der Waals surface area contributed by atoms with Crippen LogP contribution in [-0.4, -0.2) is 17.6 Å². The van der Waals surface area contributed by atoms with E-state index < -0.39 is 5.91 Å². The summed E-state index contributed by atoms with van der Waals surface area (Å²) in [6, 6.07) is 5.06. The summed E-state index contributed by atoms with van der Waals surface area (Å²) in [4.78, 5) is 10.5. The average Bonchev–Trinajstić information content (AvgIpc) is 2.21. The molecule has 0 saturated carbocycles. The van der Waals surface area contributed by atoms with Gasteiger partial charge >= 0.3 is 0 Å². The highest BCUT2D eigenvalue weighted by atomic mass is 35.5. The third-order valence-electron chi connectivity index (χ3n) is 1.62. The van der Waals surface area contributed by atoms with Gasteiger partial charge in [0.2, 0.25) is 5.91 Å². The first-order chi connectivity index (χ1) is 7.50. The molecule has 1 aromatic carbocycles. The monoisotopic (exact) mass is 277 g/mol. The number of halogens is 2. The summed E-state index contributed by atoms with van der Waals surface area (Å²) >= 11 is 16.7. The van der Waals surface area contributed by atoms with Crippen molar-refractivity contribution in [3.8, 4) is 0 Å². The Labute approximate surface area is 108 Å². The standard InChI is InChI=1S/C9H9Cl2N3OS/c10-5-2-1-3-6(11)8(5)14-9(16)13-4-7(12)15/h1-3H,4H2,(H2,12,15)(H2,13,14,16). The van der Waals surface area contributed by atoms with Gasteiger partial charge in [-0.05, 0) is 24.4 Å². The molecule has 0 bridgehead atoms. The topological polar surface area (TPSA) is 67.2 Å². The van der Waals surface area contributed by atoms with Gasteiger partial charge in [-0.2, -0.15) is 0 Å². The van der Waals surface area contributed by atoms with Crippen molar-refractivity contribution in [2.75, 3.05) is 11.9 Å². The minimum absolute atomic E-state index is 0.0477. The molecule has 0 fully saturated rings. The number of carbonyl (C=O) groups excluding carboxylic acids is 1. The van der Waals surface area contributed by atoms with Crippen LogP contribution in [0.5, 0.6) is 0 Å². The van der Waals surface area contributed by atoms with Crippen LogP contribution in [0.25, 0.3) is 0 Å². The molecule has 0 atom stereocenters. The third kappa shape index (κ3) is 3.84. The normalized spacial score (nSPS) is 9.62. The molecule has 4 N–H and O–H groups in total. The summed E-state index contributed by atoms with van der Waals surface area (Å²) in [5.41, 5.74) is 5.45. The van der Waals surface area contributed by atoms with E-state index in [2.05, 4.69) is 10.6 Å². The summed E-state index contributed by atoms with van der Waals surface area (Å²) in [5.74, 6) is -0.505. The predicted molar refractivity (Wildman–Crippen MR) is 69.9 cm³/mol. The van der Waals surface area contributed by atoms with E-state index in [0.717, 1.165) is 0 Å². The van der Waals surface area contributed by atoms with Crippen LogP contribution < -0.4 is 16.4 Å². The Morgan fingerprint density at radius 2 is 1.94 bits per heavy atom. The quantitative estimate of drug-likeness (QED) is 0.737. The fourth-order valence-corrected chi connectivity index (χ4v) is 1.61. The zero-order valence-electron chi connectivity index (χ0n) is 8.09. The number of carbonyl (C=O) groups is 1. The van der Waals surface area contributed by atoms with Crippen LogP contribution in [0.4, 0.5) is 5.69 Å². The molecule has 0 aliphatic heterocycles. The van der Waals surface area contributed by atoms with Gasteiger partial charge in [-0.3, -0.25) is 4.79 Å². The third-order valence-corrected chi connectivity index (χ3v) is 2.50.